The van der Waals surface area contributed by atoms with Crippen LogP contribution in [0.1, 0.15) is 4.88 Å². The van der Waals surface area contributed by atoms with Crippen molar-refractivity contribution in [1.82, 2.24) is 10.2 Å². The minimum Gasteiger partial charge on any atom is -0.378 e. The monoisotopic (exact) mass is 353 g/mol. The molecule has 3 rings (SSSR count). The highest BCUT2D eigenvalue weighted by molar-refractivity contribution is 7.10. The van der Waals surface area contributed by atoms with Crippen LogP contribution >= 0.6 is 11.3 Å². The Morgan fingerprint density at radius 1 is 1.04 bits per heavy atom. The van der Waals surface area contributed by atoms with Crippen LogP contribution in [0.2, 0.25) is 0 Å². The third-order valence-electron chi connectivity index (χ3n) is 3.50. The molecule has 0 radical (unpaired) electrons. The molecule has 0 atom stereocenters. The number of carbonyl (C=O) groups excluding carboxylic acids is 1. The lowest BCUT2D eigenvalue weighted by Gasteiger charge is -2.13. The van der Waals surface area contributed by atoms with Crippen molar-refractivity contribution in [1.29, 1.82) is 0 Å². The molecule has 1 amide bonds. The van der Waals surface area contributed by atoms with Crippen molar-refractivity contribution in [3.8, 4) is 0 Å². The molecule has 2 heterocycles. The number of nitrogens with one attached hydrogen (secondary N) is 2. The van der Waals surface area contributed by atoms with Gasteiger partial charge < -0.3 is 15.5 Å². The highest BCUT2D eigenvalue weighted by Gasteiger charge is 2.06. The summed E-state index contributed by atoms with van der Waals surface area (Å²) in [5.41, 5.74) is 2.05. The maximum absolute atomic E-state index is 12.0. The molecular weight excluding hydrogens is 334 g/mol. The first-order chi connectivity index (χ1) is 12.1. The minimum absolute atomic E-state index is 0.100. The molecule has 0 saturated heterocycles. The summed E-state index contributed by atoms with van der Waals surface area (Å²) in [4.78, 5) is 15.0. The molecule has 0 aliphatic rings. The van der Waals surface area contributed by atoms with Gasteiger partial charge in [0.2, 0.25) is 5.91 Å². The Morgan fingerprint density at radius 2 is 1.76 bits per heavy atom. The number of amides is 1. The van der Waals surface area contributed by atoms with Crippen LogP contribution in [0.15, 0.2) is 53.9 Å². The van der Waals surface area contributed by atoms with E-state index in [4.69, 9.17) is 0 Å². The summed E-state index contributed by atoms with van der Waals surface area (Å²) >= 11 is 1.56. The Kier molecular flexibility index (Phi) is 5.25. The van der Waals surface area contributed by atoms with E-state index in [-0.39, 0.29) is 5.91 Å². The van der Waals surface area contributed by atoms with Crippen LogP contribution < -0.4 is 15.5 Å². The third-order valence-corrected chi connectivity index (χ3v) is 4.38. The topological polar surface area (TPSA) is 70.2 Å². The Labute approximate surface area is 150 Å². The molecule has 0 aliphatic heterocycles. The van der Waals surface area contributed by atoms with Gasteiger partial charge >= 0.3 is 0 Å². The molecule has 0 fully saturated rings. The molecule has 0 saturated carbocycles. The van der Waals surface area contributed by atoms with E-state index in [1.54, 1.807) is 23.5 Å². The van der Waals surface area contributed by atoms with E-state index < -0.39 is 0 Å². The number of thiophene rings is 1. The molecule has 25 heavy (non-hydrogen) atoms. The average molecular weight is 353 g/mol. The number of benzene rings is 1. The first kappa shape index (κ1) is 16.9. The molecule has 0 spiro atoms. The third kappa shape index (κ3) is 4.77. The van der Waals surface area contributed by atoms with Gasteiger partial charge in [-0.15, -0.1) is 21.5 Å². The molecule has 7 heteroatoms. The molecule has 2 aromatic heterocycles. The first-order valence-electron chi connectivity index (χ1n) is 7.80. The van der Waals surface area contributed by atoms with E-state index in [2.05, 4.69) is 20.8 Å². The Hall–Kier alpha value is -2.93. The number of hydrogen-bond donors (Lipinski definition) is 2. The number of anilines is 4. The van der Waals surface area contributed by atoms with Crippen molar-refractivity contribution in [2.45, 2.75) is 6.42 Å². The van der Waals surface area contributed by atoms with Crippen LogP contribution in [0.4, 0.5) is 23.0 Å². The fraction of sp³-hybridized carbons (Fsp3) is 0.167. The Bertz CT molecular complexity index is 814. The summed E-state index contributed by atoms with van der Waals surface area (Å²) in [5.74, 6) is 0.959. The van der Waals surface area contributed by atoms with Gasteiger partial charge in [0, 0.05) is 30.3 Å². The van der Waals surface area contributed by atoms with Crippen LogP contribution in [-0.4, -0.2) is 30.2 Å². The summed E-state index contributed by atoms with van der Waals surface area (Å²) in [7, 11) is 4.00. The summed E-state index contributed by atoms with van der Waals surface area (Å²) in [6.07, 6.45) is 0.345. The van der Waals surface area contributed by atoms with Crippen molar-refractivity contribution in [3.63, 3.8) is 0 Å². The van der Waals surface area contributed by atoms with E-state index in [0.29, 0.717) is 18.1 Å². The van der Waals surface area contributed by atoms with Crippen LogP contribution in [0.3, 0.4) is 0 Å². The van der Waals surface area contributed by atoms with Crippen LogP contribution in [0.5, 0.6) is 0 Å². The van der Waals surface area contributed by atoms with Gasteiger partial charge in [0.1, 0.15) is 0 Å². The second kappa shape index (κ2) is 7.76. The van der Waals surface area contributed by atoms with Crippen LogP contribution in [0.25, 0.3) is 0 Å². The van der Waals surface area contributed by atoms with Gasteiger partial charge in [0.25, 0.3) is 0 Å². The van der Waals surface area contributed by atoms with Gasteiger partial charge in [-0.25, -0.2) is 0 Å². The van der Waals surface area contributed by atoms with Gasteiger partial charge in [0.05, 0.1) is 6.42 Å². The van der Waals surface area contributed by atoms with E-state index >= 15 is 0 Å². The van der Waals surface area contributed by atoms with E-state index in [1.165, 1.54) is 0 Å². The van der Waals surface area contributed by atoms with Crippen molar-refractivity contribution in [2.24, 2.45) is 0 Å². The van der Waals surface area contributed by atoms with E-state index in [0.717, 1.165) is 16.3 Å². The molecule has 0 bridgehead atoms. The predicted molar refractivity (Wildman–Crippen MR) is 103 cm³/mol. The Morgan fingerprint density at radius 3 is 2.36 bits per heavy atom. The second-order valence-corrected chi connectivity index (χ2v) is 6.71. The number of nitrogens with zero attached hydrogens (tertiary/aromatic N) is 3. The molecular formula is C18H19N5OS. The number of aromatic nitrogens is 2. The van der Waals surface area contributed by atoms with Crippen LogP contribution in [0, 0.1) is 0 Å². The standard InChI is InChI=1S/C18H19N5OS/c1-23(2)14-7-5-13(6-8-14)19-16-9-10-17(22-21-16)20-18(24)12-15-4-3-11-25-15/h3-11H,12H2,1-2H3,(H,19,21)(H,20,22,24). The second-order valence-electron chi connectivity index (χ2n) is 5.67. The van der Waals surface area contributed by atoms with Crippen molar-refractivity contribution in [3.05, 3.63) is 58.8 Å². The van der Waals surface area contributed by atoms with E-state index in [9.17, 15) is 4.79 Å². The summed E-state index contributed by atoms with van der Waals surface area (Å²) < 4.78 is 0. The lowest BCUT2D eigenvalue weighted by molar-refractivity contribution is -0.115. The predicted octanol–water partition coefficient (Wildman–Crippen LogP) is 3.53. The molecule has 1 aromatic carbocycles. The highest BCUT2D eigenvalue weighted by atomic mass is 32.1. The molecule has 3 aromatic rings. The zero-order chi connectivity index (χ0) is 17.6. The fourth-order valence-corrected chi connectivity index (χ4v) is 2.92. The van der Waals surface area contributed by atoms with Crippen molar-refractivity contribution < 1.29 is 4.79 Å². The Balaban J connectivity index is 1.57. The van der Waals surface area contributed by atoms with E-state index in [1.807, 2.05) is 60.8 Å². The fourth-order valence-electron chi connectivity index (χ4n) is 2.21. The summed E-state index contributed by atoms with van der Waals surface area (Å²) in [5, 5.41) is 16.0. The zero-order valence-corrected chi connectivity index (χ0v) is 14.9. The van der Waals surface area contributed by atoms with Gasteiger partial charge in [-0.05, 0) is 47.8 Å². The van der Waals surface area contributed by atoms with Gasteiger partial charge in [-0.3, -0.25) is 4.79 Å². The zero-order valence-electron chi connectivity index (χ0n) is 14.1. The van der Waals surface area contributed by atoms with Crippen molar-refractivity contribution in [2.75, 3.05) is 29.6 Å². The smallest absolute Gasteiger partial charge is 0.230 e. The maximum Gasteiger partial charge on any atom is 0.230 e. The van der Waals surface area contributed by atoms with Gasteiger partial charge in [-0.2, -0.15) is 0 Å². The average Bonchev–Trinajstić information content (AvgIpc) is 3.10. The highest BCUT2D eigenvalue weighted by Crippen LogP contribution is 2.19. The van der Waals surface area contributed by atoms with Crippen LogP contribution in [-0.2, 0) is 11.2 Å². The lowest BCUT2D eigenvalue weighted by atomic mass is 10.2. The number of carbonyl (C=O) groups is 1. The maximum atomic E-state index is 12.0. The van der Waals surface area contributed by atoms with Gasteiger partial charge in [-0.1, -0.05) is 6.07 Å². The normalized spacial score (nSPS) is 10.3. The SMILES string of the molecule is CN(C)c1ccc(Nc2ccc(NC(=O)Cc3cccs3)nn2)cc1. The lowest BCUT2D eigenvalue weighted by Crippen LogP contribution is -2.15. The van der Waals surface area contributed by atoms with Crippen molar-refractivity contribution >= 4 is 40.3 Å². The number of rotatable bonds is 6. The number of hydrogen-bond acceptors (Lipinski definition) is 6. The molecule has 128 valence electrons. The molecule has 2 N–H and O–H groups in total. The first-order valence-corrected chi connectivity index (χ1v) is 8.68. The molecule has 0 unspecified atom stereocenters. The van der Waals surface area contributed by atoms with Gasteiger partial charge in [0.15, 0.2) is 11.6 Å². The molecule has 0 aliphatic carbocycles. The largest absolute Gasteiger partial charge is 0.378 e. The quantitative estimate of drug-likeness (QED) is 0.709. The summed E-state index contributed by atoms with van der Waals surface area (Å²) in [6.45, 7) is 0. The summed E-state index contributed by atoms with van der Waals surface area (Å²) in [6, 6.07) is 15.4. The molecule has 6 nitrogen and oxygen atoms in total. The minimum atomic E-state index is -0.100.